The summed E-state index contributed by atoms with van der Waals surface area (Å²) in [5.41, 5.74) is 22.4. The van der Waals surface area contributed by atoms with Gasteiger partial charge in [0.25, 0.3) is 0 Å². The van der Waals surface area contributed by atoms with Crippen LogP contribution in [-0.4, -0.2) is 8.80 Å². The Morgan fingerprint density at radius 1 is 0.280 bits per heavy atom. The lowest BCUT2D eigenvalue weighted by Gasteiger charge is -2.30. The predicted octanol–water partition coefficient (Wildman–Crippen LogP) is 22.4. The number of hydrogen-bond acceptors (Lipinski definition) is 2. The van der Waals surface area contributed by atoms with Crippen LogP contribution >= 0.6 is 0 Å². The number of fused-ring (bicyclic) bond motifs is 12. The zero-order valence-corrected chi connectivity index (χ0v) is 46.1. The van der Waals surface area contributed by atoms with Gasteiger partial charge < -0.3 is 18.6 Å². The summed E-state index contributed by atoms with van der Waals surface area (Å²) in [7, 11) is 0. The maximum absolute atomic E-state index is 2.59. The minimum absolute atomic E-state index is 0.592. The molecule has 0 unspecified atom stereocenters. The summed E-state index contributed by atoms with van der Waals surface area (Å²) in [5.74, 6) is 1.18. The Balaban J connectivity index is 0.903. The van der Waals surface area contributed by atoms with E-state index in [0.29, 0.717) is 11.8 Å². The van der Waals surface area contributed by atoms with Gasteiger partial charge in [0.15, 0.2) is 0 Å². The molecule has 2 fully saturated rings. The molecular weight excluding hydrogens is 993 g/mol. The first-order valence-electron chi connectivity index (χ1n) is 30.1. The fourth-order valence-corrected chi connectivity index (χ4v) is 15.4. The lowest BCUT2D eigenvalue weighted by atomic mass is 9.83. The van der Waals surface area contributed by atoms with Crippen molar-refractivity contribution in [2.75, 3.05) is 9.80 Å². The van der Waals surface area contributed by atoms with E-state index in [1.807, 2.05) is 0 Å². The van der Waals surface area contributed by atoms with Crippen LogP contribution in [0.4, 0.5) is 34.1 Å². The van der Waals surface area contributed by atoms with E-state index >= 15 is 0 Å². The molecule has 82 heavy (non-hydrogen) atoms. The second-order valence-corrected chi connectivity index (χ2v) is 23.6. The lowest BCUT2D eigenvalue weighted by molar-refractivity contribution is 0.444. The van der Waals surface area contributed by atoms with Crippen LogP contribution in [0.25, 0.3) is 98.4 Å². The Morgan fingerprint density at radius 3 is 1.06 bits per heavy atom. The summed E-state index contributed by atoms with van der Waals surface area (Å²) in [6.45, 7) is 0. The van der Waals surface area contributed by atoms with Crippen molar-refractivity contribution in [3.05, 3.63) is 254 Å². The largest absolute Gasteiger partial charge is 0.309 e. The summed E-state index contributed by atoms with van der Waals surface area (Å²) >= 11 is 0. The van der Waals surface area contributed by atoms with Crippen LogP contribution in [0, 0.1) is 0 Å². The van der Waals surface area contributed by atoms with Crippen LogP contribution in [0.1, 0.15) is 87.2 Å². The number of benzene rings is 11. The SMILES string of the molecule is c1ccc(-c2cc(C3CCCCC3)ccc2N(c2ccccc2)c2ccc3c4cc5c(cc4n4c6ccccc6c2c34)c2ccc(N(c3ccccc3)c3ccc(C4CCCCC4)cc3-c3ccccc3)c3c4ccccc4n5c23)cc1. The quantitative estimate of drug-likeness (QED) is 0.136. The first-order valence-corrected chi connectivity index (χ1v) is 30.1. The van der Waals surface area contributed by atoms with Gasteiger partial charge in [0.05, 0.1) is 55.8 Å². The monoisotopic (exact) mass is 1050 g/mol. The van der Waals surface area contributed by atoms with Crippen LogP contribution in [0.3, 0.4) is 0 Å². The van der Waals surface area contributed by atoms with Crippen molar-refractivity contribution in [1.82, 2.24) is 8.80 Å². The number of para-hydroxylation sites is 4. The first-order chi connectivity index (χ1) is 40.7. The molecule has 0 amide bonds. The summed E-state index contributed by atoms with van der Waals surface area (Å²) in [5, 5.41) is 10.1. The van der Waals surface area contributed by atoms with Crippen molar-refractivity contribution in [3.8, 4) is 22.3 Å². The number of hydrogen-bond donors (Lipinski definition) is 0. The highest BCUT2D eigenvalue weighted by molar-refractivity contribution is 6.32. The zero-order valence-electron chi connectivity index (χ0n) is 46.1. The van der Waals surface area contributed by atoms with Crippen molar-refractivity contribution in [2.45, 2.75) is 76.0 Å². The van der Waals surface area contributed by atoms with E-state index in [-0.39, 0.29) is 0 Å². The summed E-state index contributed by atoms with van der Waals surface area (Å²) in [6.07, 6.45) is 13.0. The number of aromatic nitrogens is 2. The molecule has 0 radical (unpaired) electrons. The van der Waals surface area contributed by atoms with E-state index in [2.05, 4.69) is 261 Å². The topological polar surface area (TPSA) is 15.3 Å². The van der Waals surface area contributed by atoms with Gasteiger partial charge in [-0.3, -0.25) is 0 Å². The molecule has 2 saturated carbocycles. The normalized spacial score (nSPS) is 14.7. The Bertz CT molecular complexity index is 4560. The standard InChI is InChI=1S/C78H62N4/c1-7-23-51(24-8-1)55-39-43-69(63(47-55)53-27-11-3-12-28-53)79(57-31-15-5-16-32-57)71-45-41-59-65-49-74-66(50-73(65)81-67-37-21-19-35-61(67)75(71)77(59)81)60-42-46-72(76-62-36-20-22-38-68(62)82(74)78(60)76)80(58-33-17-6-18-34-58)70-44-40-56(52-25-9-2-10-26-52)48-64(70)54-29-13-4-14-30-54/h3-6,11-22,27-52H,1-2,7-10,23-26H2. The predicted molar refractivity (Wildman–Crippen MR) is 348 cm³/mol. The van der Waals surface area contributed by atoms with Gasteiger partial charge in [-0.2, -0.15) is 0 Å². The van der Waals surface area contributed by atoms with E-state index < -0.39 is 0 Å². The molecule has 4 nitrogen and oxygen atoms in total. The number of nitrogens with zero attached hydrogens (tertiary/aromatic N) is 4. The summed E-state index contributed by atoms with van der Waals surface area (Å²) in [6, 6.07) is 92.1. The van der Waals surface area contributed by atoms with E-state index in [4.69, 9.17) is 0 Å². The van der Waals surface area contributed by atoms with Crippen LogP contribution in [-0.2, 0) is 0 Å². The molecular formula is C78H62N4. The number of anilines is 6. The van der Waals surface area contributed by atoms with Gasteiger partial charge in [-0.25, -0.2) is 0 Å². The third-order valence-corrected chi connectivity index (χ3v) is 19.1. The Kier molecular flexibility index (Phi) is 11.1. The minimum atomic E-state index is 0.592. The molecule has 394 valence electrons. The highest BCUT2D eigenvalue weighted by Crippen LogP contribution is 2.54. The molecule has 0 atom stereocenters. The minimum Gasteiger partial charge on any atom is -0.309 e. The van der Waals surface area contributed by atoms with E-state index in [9.17, 15) is 0 Å². The Morgan fingerprint density at radius 2 is 0.646 bits per heavy atom. The molecule has 2 aliphatic rings. The van der Waals surface area contributed by atoms with Crippen LogP contribution in [0.5, 0.6) is 0 Å². The van der Waals surface area contributed by atoms with Gasteiger partial charge in [0.2, 0.25) is 0 Å². The van der Waals surface area contributed by atoms with E-state index in [1.54, 1.807) is 0 Å². The molecule has 0 saturated heterocycles. The molecule has 0 aliphatic heterocycles. The zero-order chi connectivity index (χ0) is 53.8. The molecule has 4 aromatic heterocycles. The van der Waals surface area contributed by atoms with Crippen LogP contribution in [0.15, 0.2) is 243 Å². The second-order valence-electron chi connectivity index (χ2n) is 23.6. The third kappa shape index (κ3) is 7.29. The van der Waals surface area contributed by atoms with Crippen molar-refractivity contribution in [1.29, 1.82) is 0 Å². The van der Waals surface area contributed by atoms with Crippen molar-refractivity contribution < 1.29 is 0 Å². The molecule has 2 aliphatic carbocycles. The van der Waals surface area contributed by atoms with E-state index in [0.717, 1.165) is 11.4 Å². The maximum Gasteiger partial charge on any atom is 0.0641 e. The molecule has 15 aromatic rings. The maximum atomic E-state index is 2.59. The smallest absolute Gasteiger partial charge is 0.0641 e. The van der Waals surface area contributed by atoms with Crippen LogP contribution in [0.2, 0.25) is 0 Å². The van der Waals surface area contributed by atoms with Gasteiger partial charge >= 0.3 is 0 Å². The number of rotatable bonds is 10. The van der Waals surface area contributed by atoms with E-state index in [1.165, 1.54) is 197 Å². The first kappa shape index (κ1) is 47.4. The molecule has 4 heterocycles. The average molecular weight is 1060 g/mol. The summed E-state index contributed by atoms with van der Waals surface area (Å²) in [4.78, 5) is 5.10. The van der Waals surface area contributed by atoms with Gasteiger partial charge in [0.1, 0.15) is 0 Å². The highest BCUT2D eigenvalue weighted by atomic mass is 15.2. The Labute approximate surface area is 478 Å². The Hall–Kier alpha value is -9.38. The fraction of sp³-hybridized carbons (Fsp3) is 0.154. The van der Waals surface area contributed by atoms with Gasteiger partial charge in [0, 0.05) is 65.6 Å². The van der Waals surface area contributed by atoms with Gasteiger partial charge in [-0.15, -0.1) is 0 Å². The summed E-state index contributed by atoms with van der Waals surface area (Å²) < 4.78 is 5.17. The van der Waals surface area contributed by atoms with Gasteiger partial charge in [-0.05, 0) is 145 Å². The molecule has 0 spiro atoms. The third-order valence-electron chi connectivity index (χ3n) is 19.1. The van der Waals surface area contributed by atoms with Crippen molar-refractivity contribution >= 4 is 110 Å². The molecule has 0 bridgehead atoms. The molecule has 4 heteroatoms. The van der Waals surface area contributed by atoms with Crippen molar-refractivity contribution in [2.24, 2.45) is 0 Å². The highest BCUT2D eigenvalue weighted by Gasteiger charge is 2.30. The average Bonchev–Trinajstić information content (AvgIpc) is 2.07. The lowest BCUT2D eigenvalue weighted by Crippen LogP contribution is -2.12. The van der Waals surface area contributed by atoms with Crippen molar-refractivity contribution in [3.63, 3.8) is 0 Å². The van der Waals surface area contributed by atoms with Crippen LogP contribution < -0.4 is 9.80 Å². The molecule has 0 N–H and O–H groups in total. The molecule has 11 aromatic carbocycles. The second kappa shape index (κ2) is 19.1. The fourth-order valence-electron chi connectivity index (χ4n) is 15.4. The molecule has 17 rings (SSSR count). The van der Waals surface area contributed by atoms with Gasteiger partial charge in [-0.1, -0.05) is 196 Å².